The highest BCUT2D eigenvalue weighted by molar-refractivity contribution is 5.94. The second kappa shape index (κ2) is 8.91. The van der Waals surface area contributed by atoms with E-state index in [4.69, 9.17) is 4.74 Å². The maximum absolute atomic E-state index is 13.0. The number of hydrogen-bond donors (Lipinski definition) is 0. The quantitative estimate of drug-likeness (QED) is 0.621. The van der Waals surface area contributed by atoms with E-state index in [2.05, 4.69) is 35.3 Å². The first kappa shape index (κ1) is 19.2. The molecule has 1 atom stereocenters. The van der Waals surface area contributed by atoms with Crippen molar-refractivity contribution in [3.8, 4) is 17.0 Å². The summed E-state index contributed by atoms with van der Waals surface area (Å²) >= 11 is 0. The minimum Gasteiger partial charge on any atom is -0.497 e. The van der Waals surface area contributed by atoms with Gasteiger partial charge in [-0.15, -0.1) is 0 Å². The van der Waals surface area contributed by atoms with Gasteiger partial charge in [-0.1, -0.05) is 30.3 Å². The van der Waals surface area contributed by atoms with Gasteiger partial charge in [0.15, 0.2) is 0 Å². The Kier molecular flexibility index (Phi) is 5.89. The number of benzene rings is 2. The molecular weight excluding hydrogens is 360 g/mol. The van der Waals surface area contributed by atoms with Gasteiger partial charge in [-0.05, 0) is 67.1 Å². The van der Waals surface area contributed by atoms with Crippen LogP contribution in [0.15, 0.2) is 72.9 Å². The summed E-state index contributed by atoms with van der Waals surface area (Å²) in [5, 5.41) is 0. The predicted octanol–water partition coefficient (Wildman–Crippen LogP) is 5.17. The van der Waals surface area contributed by atoms with Gasteiger partial charge in [0, 0.05) is 24.8 Å². The van der Waals surface area contributed by atoms with Crippen molar-refractivity contribution in [1.82, 2.24) is 9.88 Å². The van der Waals surface area contributed by atoms with Crippen LogP contribution in [0.2, 0.25) is 0 Å². The van der Waals surface area contributed by atoms with Crippen molar-refractivity contribution in [2.45, 2.75) is 25.2 Å². The monoisotopic (exact) mass is 386 g/mol. The van der Waals surface area contributed by atoms with E-state index in [9.17, 15) is 4.79 Å². The normalized spacial score (nSPS) is 16.9. The van der Waals surface area contributed by atoms with Crippen LogP contribution in [-0.4, -0.2) is 36.0 Å². The molecule has 0 radical (unpaired) electrons. The van der Waals surface area contributed by atoms with Crippen LogP contribution in [-0.2, 0) is 0 Å². The lowest BCUT2D eigenvalue weighted by atomic mass is 9.92. The van der Waals surface area contributed by atoms with Crippen LogP contribution in [0.25, 0.3) is 11.3 Å². The fraction of sp³-hybridized carbons (Fsp3) is 0.280. The van der Waals surface area contributed by atoms with Crippen molar-refractivity contribution >= 4 is 5.91 Å². The molecule has 0 aliphatic carbocycles. The molecule has 4 nitrogen and oxygen atoms in total. The SMILES string of the molecule is COc1ccc(-c2ccc(C(=O)N3CCC[C@H](c4ccccc4)CC3)cn2)cc1. The largest absolute Gasteiger partial charge is 0.497 e. The van der Waals surface area contributed by atoms with Crippen molar-refractivity contribution < 1.29 is 9.53 Å². The molecule has 1 amide bonds. The zero-order valence-electron chi connectivity index (χ0n) is 16.8. The van der Waals surface area contributed by atoms with Gasteiger partial charge in [-0.3, -0.25) is 9.78 Å². The van der Waals surface area contributed by atoms with Crippen LogP contribution in [0.3, 0.4) is 0 Å². The van der Waals surface area contributed by atoms with Crippen molar-refractivity contribution in [2.24, 2.45) is 0 Å². The minimum atomic E-state index is 0.0764. The zero-order valence-corrected chi connectivity index (χ0v) is 16.8. The number of rotatable bonds is 4. The summed E-state index contributed by atoms with van der Waals surface area (Å²) in [6.07, 6.45) is 4.86. The first-order valence-corrected chi connectivity index (χ1v) is 10.2. The van der Waals surface area contributed by atoms with E-state index < -0.39 is 0 Å². The molecule has 0 N–H and O–H groups in total. The van der Waals surface area contributed by atoms with Crippen LogP contribution in [0, 0.1) is 0 Å². The Labute approximate surface area is 172 Å². The molecule has 1 aliphatic heterocycles. The Morgan fingerprint density at radius 1 is 0.966 bits per heavy atom. The van der Waals surface area contributed by atoms with Crippen LogP contribution in [0.1, 0.15) is 41.1 Å². The zero-order chi connectivity index (χ0) is 20.1. The summed E-state index contributed by atoms with van der Waals surface area (Å²) in [5.41, 5.74) is 3.89. The average molecular weight is 386 g/mol. The molecule has 0 saturated carbocycles. The van der Waals surface area contributed by atoms with Gasteiger partial charge in [0.2, 0.25) is 0 Å². The fourth-order valence-electron chi connectivity index (χ4n) is 3.99. The Morgan fingerprint density at radius 3 is 2.45 bits per heavy atom. The topological polar surface area (TPSA) is 42.4 Å². The minimum absolute atomic E-state index is 0.0764. The third-order valence-electron chi connectivity index (χ3n) is 5.68. The molecule has 0 spiro atoms. The maximum atomic E-state index is 13.0. The Bertz CT molecular complexity index is 937. The second-order valence-corrected chi connectivity index (χ2v) is 7.49. The number of pyridine rings is 1. The van der Waals surface area contributed by atoms with Gasteiger partial charge in [-0.2, -0.15) is 0 Å². The van der Waals surface area contributed by atoms with Gasteiger partial charge in [-0.25, -0.2) is 0 Å². The summed E-state index contributed by atoms with van der Waals surface area (Å²) in [4.78, 5) is 19.5. The summed E-state index contributed by atoms with van der Waals surface area (Å²) in [6.45, 7) is 1.60. The highest BCUT2D eigenvalue weighted by atomic mass is 16.5. The van der Waals surface area contributed by atoms with E-state index in [1.54, 1.807) is 13.3 Å². The van der Waals surface area contributed by atoms with Crippen LogP contribution in [0.5, 0.6) is 5.75 Å². The molecular formula is C25H26N2O2. The Morgan fingerprint density at radius 2 is 1.76 bits per heavy atom. The summed E-state index contributed by atoms with van der Waals surface area (Å²) in [5.74, 6) is 1.42. The third-order valence-corrected chi connectivity index (χ3v) is 5.68. The van der Waals surface area contributed by atoms with E-state index >= 15 is 0 Å². The van der Waals surface area contributed by atoms with Crippen LogP contribution >= 0.6 is 0 Å². The number of nitrogens with zero attached hydrogens (tertiary/aromatic N) is 2. The number of aromatic nitrogens is 1. The number of hydrogen-bond acceptors (Lipinski definition) is 3. The van der Waals surface area contributed by atoms with Gasteiger partial charge < -0.3 is 9.64 Å². The summed E-state index contributed by atoms with van der Waals surface area (Å²) in [7, 11) is 1.65. The lowest BCUT2D eigenvalue weighted by molar-refractivity contribution is 0.0760. The van der Waals surface area contributed by atoms with E-state index in [0.717, 1.165) is 49.4 Å². The van der Waals surface area contributed by atoms with E-state index in [0.29, 0.717) is 11.5 Å². The molecule has 1 fully saturated rings. The molecule has 2 aromatic carbocycles. The Hall–Kier alpha value is -3.14. The number of amides is 1. The molecule has 148 valence electrons. The first-order chi connectivity index (χ1) is 14.2. The molecule has 0 bridgehead atoms. The molecule has 0 unspecified atom stereocenters. The highest BCUT2D eigenvalue weighted by Gasteiger charge is 2.22. The molecule has 4 heteroatoms. The van der Waals surface area contributed by atoms with E-state index in [1.807, 2.05) is 41.3 Å². The van der Waals surface area contributed by atoms with Crippen molar-refractivity contribution in [3.63, 3.8) is 0 Å². The molecule has 1 saturated heterocycles. The van der Waals surface area contributed by atoms with Crippen molar-refractivity contribution in [1.29, 1.82) is 0 Å². The highest BCUT2D eigenvalue weighted by Crippen LogP contribution is 2.28. The van der Waals surface area contributed by atoms with Gasteiger partial charge >= 0.3 is 0 Å². The molecule has 3 aromatic rings. The van der Waals surface area contributed by atoms with Crippen LogP contribution in [0.4, 0.5) is 0 Å². The van der Waals surface area contributed by atoms with E-state index in [1.165, 1.54) is 5.56 Å². The second-order valence-electron chi connectivity index (χ2n) is 7.49. The van der Waals surface area contributed by atoms with Crippen molar-refractivity contribution in [2.75, 3.05) is 20.2 Å². The van der Waals surface area contributed by atoms with Crippen molar-refractivity contribution in [3.05, 3.63) is 84.1 Å². The lowest BCUT2D eigenvalue weighted by Gasteiger charge is -2.21. The lowest BCUT2D eigenvalue weighted by Crippen LogP contribution is -2.32. The molecule has 29 heavy (non-hydrogen) atoms. The Balaban J connectivity index is 1.42. The molecule has 1 aliphatic rings. The summed E-state index contributed by atoms with van der Waals surface area (Å²) < 4.78 is 5.20. The number of carbonyl (C=O) groups is 1. The number of ether oxygens (including phenoxy) is 1. The number of carbonyl (C=O) groups excluding carboxylic acids is 1. The number of methoxy groups -OCH3 is 1. The summed E-state index contributed by atoms with van der Waals surface area (Å²) in [6, 6.07) is 22.2. The van der Waals surface area contributed by atoms with Gasteiger partial charge in [0.05, 0.1) is 18.4 Å². The third kappa shape index (κ3) is 4.48. The molecule has 2 heterocycles. The average Bonchev–Trinajstić information content (AvgIpc) is 3.06. The standard InChI is InChI=1S/C25H26N2O2/c1-29-23-12-9-21(10-13-23)24-14-11-22(18-26-24)25(28)27-16-5-8-20(15-17-27)19-6-3-2-4-7-19/h2-4,6-7,9-14,18,20H,5,8,15-17H2,1H3/t20-/m0/s1. The molecule has 4 rings (SSSR count). The van der Waals surface area contributed by atoms with Gasteiger partial charge in [0.25, 0.3) is 5.91 Å². The first-order valence-electron chi connectivity index (χ1n) is 10.2. The number of likely N-dealkylation sites (tertiary alicyclic amines) is 1. The van der Waals surface area contributed by atoms with Crippen LogP contribution < -0.4 is 4.74 Å². The van der Waals surface area contributed by atoms with E-state index in [-0.39, 0.29) is 5.91 Å². The smallest absolute Gasteiger partial charge is 0.255 e. The molecule has 1 aromatic heterocycles. The maximum Gasteiger partial charge on any atom is 0.255 e. The predicted molar refractivity (Wildman–Crippen MR) is 115 cm³/mol. The van der Waals surface area contributed by atoms with Gasteiger partial charge in [0.1, 0.15) is 5.75 Å². The fourth-order valence-corrected chi connectivity index (χ4v) is 3.99.